The Morgan fingerprint density at radius 2 is 2.00 bits per heavy atom. The average molecular weight is 229 g/mol. The molecule has 1 heterocycles. The van der Waals surface area contributed by atoms with Gasteiger partial charge in [-0.3, -0.25) is 9.69 Å². The molecule has 0 saturated carbocycles. The maximum absolute atomic E-state index is 11.6. The lowest BCUT2D eigenvalue weighted by Crippen LogP contribution is -2.52. The summed E-state index contributed by atoms with van der Waals surface area (Å²) in [6, 6.07) is 0. The van der Waals surface area contributed by atoms with Crippen molar-refractivity contribution in [2.75, 3.05) is 13.1 Å². The predicted molar refractivity (Wildman–Crippen MR) is 61.8 cm³/mol. The summed E-state index contributed by atoms with van der Waals surface area (Å²) in [4.78, 5) is 13.4. The summed E-state index contributed by atoms with van der Waals surface area (Å²) in [6.07, 6.45) is -0.440. The highest BCUT2D eigenvalue weighted by Crippen LogP contribution is 2.27. The van der Waals surface area contributed by atoms with Gasteiger partial charge in [0.1, 0.15) is 5.78 Å². The van der Waals surface area contributed by atoms with Gasteiger partial charge in [0.15, 0.2) is 0 Å². The molecule has 16 heavy (non-hydrogen) atoms. The SMILES string of the molecule is CC(C)(C)OC(O)N1CCC(=O)C(C)(C)C1. The first kappa shape index (κ1) is 13.6. The Hall–Kier alpha value is -0.450. The summed E-state index contributed by atoms with van der Waals surface area (Å²) >= 11 is 0. The molecule has 0 aromatic rings. The Morgan fingerprint density at radius 1 is 1.44 bits per heavy atom. The number of ketones is 1. The second-order valence-electron chi connectivity index (χ2n) is 6.08. The number of nitrogens with zero attached hydrogens (tertiary/aromatic N) is 1. The van der Waals surface area contributed by atoms with Crippen LogP contribution < -0.4 is 0 Å². The van der Waals surface area contributed by atoms with Crippen LogP contribution in [0.15, 0.2) is 0 Å². The van der Waals surface area contributed by atoms with Crippen LogP contribution in [0.1, 0.15) is 41.0 Å². The fourth-order valence-corrected chi connectivity index (χ4v) is 1.84. The Morgan fingerprint density at radius 3 is 2.44 bits per heavy atom. The number of rotatable bonds is 2. The molecule has 1 fully saturated rings. The topological polar surface area (TPSA) is 49.8 Å². The molecule has 1 rings (SSSR count). The van der Waals surface area contributed by atoms with E-state index in [-0.39, 0.29) is 16.8 Å². The molecule has 0 aliphatic carbocycles. The number of ether oxygens (including phenoxy) is 1. The second-order valence-corrected chi connectivity index (χ2v) is 6.08. The summed E-state index contributed by atoms with van der Waals surface area (Å²) in [5.41, 5.74) is -0.772. The van der Waals surface area contributed by atoms with Crippen LogP contribution in [-0.2, 0) is 9.53 Å². The average Bonchev–Trinajstić information content (AvgIpc) is 2.06. The molecule has 1 atom stereocenters. The molecule has 1 saturated heterocycles. The van der Waals surface area contributed by atoms with Crippen molar-refractivity contribution < 1.29 is 14.6 Å². The minimum atomic E-state index is -0.924. The van der Waals surface area contributed by atoms with Crippen molar-refractivity contribution >= 4 is 5.78 Å². The van der Waals surface area contributed by atoms with Gasteiger partial charge in [-0.2, -0.15) is 0 Å². The van der Waals surface area contributed by atoms with E-state index in [2.05, 4.69) is 0 Å². The summed E-state index contributed by atoms with van der Waals surface area (Å²) < 4.78 is 5.48. The summed E-state index contributed by atoms with van der Waals surface area (Å²) in [5.74, 6) is 0.256. The highest BCUT2D eigenvalue weighted by molar-refractivity contribution is 5.85. The molecule has 0 aromatic carbocycles. The fraction of sp³-hybridized carbons (Fsp3) is 0.917. The van der Waals surface area contributed by atoms with Gasteiger partial charge in [-0.05, 0) is 20.8 Å². The molecule has 0 aromatic heterocycles. The molecule has 0 amide bonds. The van der Waals surface area contributed by atoms with Gasteiger partial charge in [0, 0.05) is 24.9 Å². The lowest BCUT2D eigenvalue weighted by atomic mass is 9.83. The number of carbonyl (C=O) groups excluding carboxylic acids is 1. The molecule has 1 aliphatic heterocycles. The van der Waals surface area contributed by atoms with Crippen molar-refractivity contribution in [2.24, 2.45) is 5.41 Å². The van der Waals surface area contributed by atoms with Crippen LogP contribution in [-0.4, -0.2) is 40.9 Å². The minimum absolute atomic E-state index is 0.256. The third-order valence-corrected chi connectivity index (χ3v) is 2.75. The van der Waals surface area contributed by atoms with E-state index in [0.29, 0.717) is 19.5 Å². The third-order valence-electron chi connectivity index (χ3n) is 2.75. The first-order chi connectivity index (χ1) is 7.12. The summed E-state index contributed by atoms with van der Waals surface area (Å²) in [6.45, 7) is 10.6. The first-order valence-corrected chi connectivity index (χ1v) is 5.75. The molecule has 1 aliphatic rings. The number of aliphatic hydroxyl groups excluding tert-OH is 1. The van der Waals surface area contributed by atoms with Gasteiger partial charge < -0.3 is 9.84 Å². The minimum Gasteiger partial charge on any atom is -0.356 e. The van der Waals surface area contributed by atoms with E-state index in [9.17, 15) is 9.90 Å². The normalized spacial score (nSPS) is 24.5. The van der Waals surface area contributed by atoms with Gasteiger partial charge >= 0.3 is 0 Å². The number of hydrogen-bond acceptors (Lipinski definition) is 4. The lowest BCUT2D eigenvalue weighted by Gasteiger charge is -2.40. The Bertz CT molecular complexity index is 268. The lowest BCUT2D eigenvalue weighted by molar-refractivity contribution is -0.246. The van der Waals surface area contributed by atoms with Crippen LogP contribution in [0.3, 0.4) is 0 Å². The zero-order valence-corrected chi connectivity index (χ0v) is 10.9. The molecule has 94 valence electrons. The largest absolute Gasteiger partial charge is 0.356 e. The van der Waals surface area contributed by atoms with Crippen LogP contribution in [0, 0.1) is 5.41 Å². The quantitative estimate of drug-likeness (QED) is 0.727. The van der Waals surface area contributed by atoms with Crippen LogP contribution in [0.2, 0.25) is 0 Å². The zero-order chi connectivity index (χ0) is 12.6. The number of carbonyl (C=O) groups is 1. The van der Waals surface area contributed by atoms with Gasteiger partial charge in [-0.25, -0.2) is 0 Å². The number of hydrogen-bond donors (Lipinski definition) is 1. The van der Waals surface area contributed by atoms with E-state index in [0.717, 1.165) is 0 Å². The Labute approximate surface area is 97.6 Å². The monoisotopic (exact) mass is 229 g/mol. The van der Waals surface area contributed by atoms with Crippen molar-refractivity contribution in [3.8, 4) is 0 Å². The Kier molecular flexibility index (Phi) is 3.77. The molecular weight excluding hydrogens is 206 g/mol. The van der Waals surface area contributed by atoms with Crippen molar-refractivity contribution in [3.05, 3.63) is 0 Å². The fourth-order valence-electron chi connectivity index (χ4n) is 1.84. The number of likely N-dealkylation sites (tertiary alicyclic amines) is 1. The van der Waals surface area contributed by atoms with Crippen molar-refractivity contribution in [1.82, 2.24) is 4.90 Å². The summed E-state index contributed by atoms with van der Waals surface area (Å²) in [5, 5.41) is 9.92. The first-order valence-electron chi connectivity index (χ1n) is 5.75. The number of aliphatic hydroxyl groups is 1. The van der Waals surface area contributed by atoms with Crippen LogP contribution in [0.4, 0.5) is 0 Å². The molecule has 1 unspecified atom stereocenters. The van der Waals surface area contributed by atoms with Gasteiger partial charge in [0.2, 0.25) is 6.41 Å². The van der Waals surface area contributed by atoms with Crippen LogP contribution in [0.5, 0.6) is 0 Å². The molecule has 4 heteroatoms. The van der Waals surface area contributed by atoms with E-state index in [1.54, 1.807) is 0 Å². The highest BCUT2D eigenvalue weighted by Gasteiger charge is 2.37. The van der Waals surface area contributed by atoms with E-state index in [1.165, 1.54) is 0 Å². The highest BCUT2D eigenvalue weighted by atomic mass is 16.6. The molecular formula is C12H23NO3. The Balaban J connectivity index is 2.59. The second kappa shape index (κ2) is 4.43. The standard InChI is InChI=1S/C12H23NO3/c1-11(2,3)16-10(15)13-7-6-9(14)12(4,5)8-13/h10,15H,6-8H2,1-5H3. The molecule has 4 nitrogen and oxygen atoms in total. The molecule has 0 spiro atoms. The predicted octanol–water partition coefficient (Wildman–Crippen LogP) is 1.38. The molecule has 0 radical (unpaired) electrons. The van der Waals surface area contributed by atoms with E-state index >= 15 is 0 Å². The van der Waals surface area contributed by atoms with Gasteiger partial charge in [-0.1, -0.05) is 13.8 Å². The van der Waals surface area contributed by atoms with Gasteiger partial charge in [0.25, 0.3) is 0 Å². The third kappa shape index (κ3) is 3.54. The number of piperidine rings is 1. The number of Topliss-reactive ketones (excluding diaryl/α,β-unsaturated/α-hetero) is 1. The van der Waals surface area contributed by atoms with Gasteiger partial charge in [-0.15, -0.1) is 0 Å². The van der Waals surface area contributed by atoms with E-state index in [4.69, 9.17) is 4.74 Å². The van der Waals surface area contributed by atoms with Crippen molar-refractivity contribution in [1.29, 1.82) is 0 Å². The van der Waals surface area contributed by atoms with Crippen LogP contribution >= 0.6 is 0 Å². The van der Waals surface area contributed by atoms with E-state index < -0.39 is 6.41 Å². The summed E-state index contributed by atoms with van der Waals surface area (Å²) in [7, 11) is 0. The molecule has 0 bridgehead atoms. The van der Waals surface area contributed by atoms with E-state index in [1.807, 2.05) is 39.5 Å². The van der Waals surface area contributed by atoms with Gasteiger partial charge in [0.05, 0.1) is 5.60 Å². The van der Waals surface area contributed by atoms with Crippen LogP contribution in [0.25, 0.3) is 0 Å². The zero-order valence-electron chi connectivity index (χ0n) is 10.9. The maximum atomic E-state index is 11.6. The van der Waals surface area contributed by atoms with Crippen molar-refractivity contribution in [3.63, 3.8) is 0 Å². The van der Waals surface area contributed by atoms with Crippen molar-refractivity contribution in [2.45, 2.75) is 53.1 Å². The smallest absolute Gasteiger partial charge is 0.216 e. The maximum Gasteiger partial charge on any atom is 0.216 e. The molecule has 1 N–H and O–H groups in total.